The zero-order chi connectivity index (χ0) is 16.6. The number of fused-ring (bicyclic) bond motifs is 1. The van der Waals surface area contributed by atoms with Crippen LogP contribution in [0.15, 0.2) is 45.6 Å². The fourth-order valence-electron chi connectivity index (χ4n) is 2.72. The smallest absolute Gasteiger partial charge is 0.336 e. The van der Waals surface area contributed by atoms with Gasteiger partial charge in [0.15, 0.2) is 11.9 Å². The number of aromatic hydroxyl groups is 1. The maximum absolute atomic E-state index is 11.9. The number of hydrogen-bond donors (Lipinski definition) is 1. The maximum Gasteiger partial charge on any atom is 0.336 e. The lowest BCUT2D eigenvalue weighted by atomic mass is 9.97. The summed E-state index contributed by atoms with van der Waals surface area (Å²) in [7, 11) is 0. The van der Waals surface area contributed by atoms with Gasteiger partial charge in [-0.25, -0.2) is 4.79 Å². The number of carbonyl (C=O) groups excluding carboxylic acids is 1. The lowest BCUT2D eigenvalue weighted by Gasteiger charge is -2.10. The van der Waals surface area contributed by atoms with Crippen LogP contribution in [0.3, 0.4) is 0 Å². The minimum atomic E-state index is -0.557. The summed E-state index contributed by atoms with van der Waals surface area (Å²) in [5.74, 6) is -0.158. The van der Waals surface area contributed by atoms with E-state index in [1.165, 1.54) is 11.6 Å². The highest BCUT2D eigenvalue weighted by Gasteiger charge is 2.16. The van der Waals surface area contributed by atoms with E-state index in [2.05, 4.69) is 6.92 Å². The van der Waals surface area contributed by atoms with Gasteiger partial charge in [0.2, 0.25) is 0 Å². The van der Waals surface area contributed by atoms with Crippen molar-refractivity contribution in [1.29, 1.82) is 0 Å². The molecule has 1 aromatic heterocycles. The molecule has 0 bridgehead atoms. The third-order valence-corrected chi connectivity index (χ3v) is 4.02. The molecule has 0 aliphatic rings. The van der Waals surface area contributed by atoms with Gasteiger partial charge in [0.25, 0.3) is 0 Å². The molecular weight excluding hydrogens is 292 g/mol. The largest absolute Gasteiger partial charge is 0.507 e. The minimum Gasteiger partial charge on any atom is -0.507 e. The second kappa shape index (κ2) is 5.72. The summed E-state index contributed by atoms with van der Waals surface area (Å²) < 4.78 is 5.18. The van der Waals surface area contributed by atoms with Crippen molar-refractivity contribution >= 4 is 17.3 Å². The van der Waals surface area contributed by atoms with E-state index in [-0.39, 0.29) is 16.9 Å². The Kier molecular flexibility index (Phi) is 3.74. The molecule has 0 unspecified atom stereocenters. The Hall–Kier alpha value is -2.88. The van der Waals surface area contributed by atoms with Crippen molar-refractivity contribution in [1.82, 2.24) is 0 Å². The fraction of sp³-hybridized carbons (Fsp3) is 0.158. The van der Waals surface area contributed by atoms with Crippen LogP contribution in [-0.2, 0) is 6.42 Å². The van der Waals surface area contributed by atoms with E-state index in [0.717, 1.165) is 12.0 Å². The molecule has 116 valence electrons. The average molecular weight is 308 g/mol. The molecule has 0 spiro atoms. The Bertz CT molecular complexity index is 950. The Balaban J connectivity index is 2.38. The molecule has 2 aromatic carbocycles. The first-order chi connectivity index (χ1) is 11.0. The van der Waals surface area contributed by atoms with Crippen LogP contribution in [0, 0.1) is 6.92 Å². The van der Waals surface area contributed by atoms with E-state index in [1.807, 2.05) is 24.3 Å². The quantitative estimate of drug-likeness (QED) is 0.589. The third kappa shape index (κ3) is 2.52. The number of hydrogen-bond acceptors (Lipinski definition) is 4. The zero-order valence-corrected chi connectivity index (χ0v) is 12.9. The van der Waals surface area contributed by atoms with Crippen LogP contribution < -0.4 is 5.63 Å². The van der Waals surface area contributed by atoms with Gasteiger partial charge >= 0.3 is 5.63 Å². The van der Waals surface area contributed by atoms with Crippen LogP contribution >= 0.6 is 0 Å². The number of aldehydes is 1. The van der Waals surface area contributed by atoms with E-state index in [1.54, 1.807) is 13.0 Å². The topological polar surface area (TPSA) is 67.5 Å². The number of phenolic OH excluding ortho intramolecular Hbond substituents is 1. The van der Waals surface area contributed by atoms with Crippen LogP contribution in [0.25, 0.3) is 22.1 Å². The highest BCUT2D eigenvalue weighted by molar-refractivity contribution is 6.03. The van der Waals surface area contributed by atoms with E-state index < -0.39 is 5.63 Å². The molecule has 0 atom stereocenters. The van der Waals surface area contributed by atoms with Crippen molar-refractivity contribution < 1.29 is 14.3 Å². The molecule has 0 saturated carbocycles. The van der Waals surface area contributed by atoms with Crippen LogP contribution in [0.5, 0.6) is 5.75 Å². The van der Waals surface area contributed by atoms with Crippen LogP contribution in [0.1, 0.15) is 28.4 Å². The summed E-state index contributed by atoms with van der Waals surface area (Å²) in [6.07, 6.45) is 1.44. The molecule has 0 aliphatic heterocycles. The Morgan fingerprint density at radius 1 is 1.17 bits per heavy atom. The average Bonchev–Trinajstić information content (AvgIpc) is 2.56. The van der Waals surface area contributed by atoms with Crippen LogP contribution in [-0.4, -0.2) is 11.4 Å². The first-order valence-corrected chi connectivity index (χ1v) is 7.40. The van der Waals surface area contributed by atoms with Crippen molar-refractivity contribution in [2.24, 2.45) is 0 Å². The molecule has 1 heterocycles. The van der Waals surface area contributed by atoms with Crippen molar-refractivity contribution in [2.45, 2.75) is 20.3 Å². The summed E-state index contributed by atoms with van der Waals surface area (Å²) in [5.41, 5.74) is 2.86. The zero-order valence-electron chi connectivity index (χ0n) is 12.9. The van der Waals surface area contributed by atoms with Crippen LogP contribution in [0.2, 0.25) is 0 Å². The number of benzene rings is 2. The molecule has 3 aromatic rings. The van der Waals surface area contributed by atoms with Crippen LogP contribution in [0.4, 0.5) is 0 Å². The van der Waals surface area contributed by atoms with E-state index >= 15 is 0 Å². The van der Waals surface area contributed by atoms with Gasteiger partial charge in [-0.05, 0) is 41.7 Å². The predicted octanol–water partition coefficient (Wildman–Crippen LogP) is 3.85. The van der Waals surface area contributed by atoms with Crippen molar-refractivity contribution in [3.8, 4) is 16.9 Å². The maximum atomic E-state index is 11.9. The molecule has 3 rings (SSSR count). The first kappa shape index (κ1) is 15.0. The molecule has 1 N–H and O–H groups in total. The highest BCUT2D eigenvalue weighted by Crippen LogP contribution is 2.34. The lowest BCUT2D eigenvalue weighted by molar-refractivity contribution is 0.112. The molecule has 4 heteroatoms. The molecule has 4 nitrogen and oxygen atoms in total. The molecule has 0 radical (unpaired) electrons. The van der Waals surface area contributed by atoms with Gasteiger partial charge in [-0.2, -0.15) is 0 Å². The van der Waals surface area contributed by atoms with Gasteiger partial charge in [0.1, 0.15) is 5.75 Å². The summed E-state index contributed by atoms with van der Waals surface area (Å²) in [6.45, 7) is 3.78. The van der Waals surface area contributed by atoms with E-state index in [4.69, 9.17) is 4.42 Å². The summed E-state index contributed by atoms with van der Waals surface area (Å²) in [6, 6.07) is 11.0. The standard InChI is InChI=1S/C19H16O4/c1-3-12-4-6-13(7-5-12)14-9-17(21)23-19-15(14)8-11(2)18(22)16(19)10-20/h4-10,22H,3H2,1-2H3. The number of aryl methyl sites for hydroxylation is 2. The summed E-state index contributed by atoms with van der Waals surface area (Å²) >= 11 is 0. The van der Waals surface area contributed by atoms with Gasteiger partial charge in [0.05, 0.1) is 5.56 Å². The van der Waals surface area contributed by atoms with Crippen molar-refractivity contribution in [3.63, 3.8) is 0 Å². The summed E-state index contributed by atoms with van der Waals surface area (Å²) in [4.78, 5) is 23.2. The van der Waals surface area contributed by atoms with Crippen molar-refractivity contribution in [2.75, 3.05) is 0 Å². The normalized spacial score (nSPS) is 10.9. The first-order valence-electron chi connectivity index (χ1n) is 7.40. The SMILES string of the molecule is CCc1ccc(-c2cc(=O)oc3c(C=O)c(O)c(C)cc23)cc1. The van der Waals surface area contributed by atoms with Gasteiger partial charge in [-0.1, -0.05) is 31.2 Å². The van der Waals surface area contributed by atoms with Crippen molar-refractivity contribution in [3.05, 3.63) is 63.5 Å². The predicted molar refractivity (Wildman–Crippen MR) is 89.1 cm³/mol. The Labute approximate surface area is 133 Å². The van der Waals surface area contributed by atoms with Gasteiger partial charge in [0, 0.05) is 11.5 Å². The van der Waals surface area contributed by atoms with Gasteiger partial charge < -0.3 is 9.52 Å². The number of carbonyl (C=O) groups is 1. The van der Waals surface area contributed by atoms with E-state index in [0.29, 0.717) is 22.8 Å². The van der Waals surface area contributed by atoms with E-state index in [9.17, 15) is 14.7 Å². The third-order valence-electron chi connectivity index (χ3n) is 4.02. The minimum absolute atomic E-state index is 0.00382. The second-order valence-electron chi connectivity index (χ2n) is 5.48. The Morgan fingerprint density at radius 2 is 1.87 bits per heavy atom. The molecular formula is C19H16O4. The van der Waals surface area contributed by atoms with Gasteiger partial charge in [-0.15, -0.1) is 0 Å². The highest BCUT2D eigenvalue weighted by atomic mass is 16.4. The van der Waals surface area contributed by atoms with Gasteiger partial charge in [-0.3, -0.25) is 4.79 Å². The lowest BCUT2D eigenvalue weighted by Crippen LogP contribution is -2.01. The molecule has 0 fully saturated rings. The number of rotatable bonds is 3. The molecule has 23 heavy (non-hydrogen) atoms. The second-order valence-corrected chi connectivity index (χ2v) is 5.48. The summed E-state index contributed by atoms with van der Waals surface area (Å²) in [5, 5.41) is 10.7. The molecule has 0 amide bonds. The Morgan fingerprint density at radius 3 is 2.48 bits per heavy atom. The monoisotopic (exact) mass is 308 g/mol. The fourth-order valence-corrected chi connectivity index (χ4v) is 2.72. The molecule has 0 saturated heterocycles. The molecule has 0 aliphatic carbocycles. The number of phenols is 1.